The van der Waals surface area contributed by atoms with Crippen LogP contribution in [0.2, 0.25) is 0 Å². The molecule has 0 aliphatic rings. The van der Waals surface area contributed by atoms with Gasteiger partial charge in [0.1, 0.15) is 18.0 Å². The molecule has 0 radical (unpaired) electrons. The number of nitrogens with zero attached hydrogens (tertiary/aromatic N) is 2. The summed E-state index contributed by atoms with van der Waals surface area (Å²) in [5.74, 6) is 0.622. The lowest BCUT2D eigenvalue weighted by molar-refractivity contribution is -0.145. The summed E-state index contributed by atoms with van der Waals surface area (Å²) < 4.78 is 17.4. The number of hydrogen-bond acceptors (Lipinski definition) is 5. The van der Waals surface area contributed by atoms with Crippen molar-refractivity contribution < 1.29 is 24.1 Å². The van der Waals surface area contributed by atoms with Gasteiger partial charge in [0.05, 0.1) is 25.3 Å². The van der Waals surface area contributed by atoms with Crippen LogP contribution in [0.3, 0.4) is 0 Å². The Labute approximate surface area is 128 Å². The first kappa shape index (κ1) is 16.1. The second-order valence-electron chi connectivity index (χ2n) is 5.36. The summed E-state index contributed by atoms with van der Waals surface area (Å²) in [6.45, 7) is 3.44. The van der Waals surface area contributed by atoms with E-state index < -0.39 is 11.5 Å². The van der Waals surface area contributed by atoms with E-state index in [2.05, 4.69) is 4.98 Å². The van der Waals surface area contributed by atoms with E-state index in [1.54, 1.807) is 37.7 Å². The third kappa shape index (κ3) is 2.48. The van der Waals surface area contributed by atoms with Crippen molar-refractivity contribution in [3.8, 4) is 11.5 Å². The number of imidazole rings is 1. The molecule has 0 aliphatic carbocycles. The van der Waals surface area contributed by atoms with Crippen LogP contribution in [-0.2, 0) is 21.7 Å². The van der Waals surface area contributed by atoms with Gasteiger partial charge >= 0.3 is 5.97 Å². The normalized spacial score (nSPS) is 11.7. The van der Waals surface area contributed by atoms with E-state index in [9.17, 15) is 9.90 Å². The Morgan fingerprint density at radius 1 is 1.23 bits per heavy atom. The van der Waals surface area contributed by atoms with Gasteiger partial charge in [-0.3, -0.25) is 0 Å². The molecule has 1 aromatic carbocycles. The molecule has 0 atom stereocenters. The molecule has 7 heteroatoms. The van der Waals surface area contributed by atoms with Crippen LogP contribution < -0.4 is 9.47 Å². The molecule has 0 amide bonds. The van der Waals surface area contributed by atoms with Crippen LogP contribution in [0.15, 0.2) is 12.1 Å². The minimum atomic E-state index is -1.18. The number of carboxylic acid groups (broad SMARTS) is 1. The van der Waals surface area contributed by atoms with Crippen molar-refractivity contribution in [1.29, 1.82) is 0 Å². The molecule has 2 rings (SSSR count). The van der Waals surface area contributed by atoms with Crippen LogP contribution in [-0.4, -0.2) is 42.0 Å². The number of rotatable bonds is 6. The molecule has 0 saturated carbocycles. The number of ether oxygens (including phenoxy) is 3. The van der Waals surface area contributed by atoms with Crippen molar-refractivity contribution in [3.05, 3.63) is 18.0 Å². The monoisotopic (exact) mass is 308 g/mol. The molecule has 1 N–H and O–H groups in total. The fourth-order valence-electron chi connectivity index (χ4n) is 2.40. The molecule has 22 heavy (non-hydrogen) atoms. The van der Waals surface area contributed by atoms with Crippen LogP contribution >= 0.6 is 0 Å². The zero-order valence-electron chi connectivity index (χ0n) is 13.3. The highest BCUT2D eigenvalue weighted by Crippen LogP contribution is 2.35. The summed E-state index contributed by atoms with van der Waals surface area (Å²) in [5.41, 5.74) is 0.0958. The number of aromatic nitrogens is 2. The SMILES string of the molecule is COCc1nc2cc(OC)c(OC)cc2n1C(C)(C)C(=O)O. The van der Waals surface area contributed by atoms with Crippen LogP contribution in [0.5, 0.6) is 11.5 Å². The van der Waals surface area contributed by atoms with Gasteiger partial charge in [-0.2, -0.15) is 0 Å². The molecule has 1 aromatic heterocycles. The van der Waals surface area contributed by atoms with Crippen molar-refractivity contribution in [1.82, 2.24) is 9.55 Å². The maximum absolute atomic E-state index is 11.7. The zero-order valence-corrected chi connectivity index (χ0v) is 13.3. The van der Waals surface area contributed by atoms with Gasteiger partial charge in [0.2, 0.25) is 0 Å². The Balaban J connectivity index is 2.81. The number of benzene rings is 1. The van der Waals surface area contributed by atoms with E-state index in [-0.39, 0.29) is 6.61 Å². The molecule has 0 bridgehead atoms. The molecule has 0 spiro atoms. The molecule has 2 aromatic rings. The zero-order chi connectivity index (χ0) is 16.5. The molecule has 120 valence electrons. The summed E-state index contributed by atoms with van der Waals surface area (Å²) in [6.07, 6.45) is 0. The summed E-state index contributed by atoms with van der Waals surface area (Å²) in [4.78, 5) is 16.1. The highest BCUT2D eigenvalue weighted by atomic mass is 16.5. The fraction of sp³-hybridized carbons (Fsp3) is 0.467. The molecule has 0 fully saturated rings. The molecule has 7 nitrogen and oxygen atoms in total. The predicted molar refractivity (Wildman–Crippen MR) is 80.5 cm³/mol. The van der Waals surface area contributed by atoms with Crippen molar-refractivity contribution in [3.63, 3.8) is 0 Å². The minimum absolute atomic E-state index is 0.204. The maximum Gasteiger partial charge on any atom is 0.329 e. The third-order valence-electron chi connectivity index (χ3n) is 3.59. The standard InChI is InChI=1S/C15H20N2O5/c1-15(2,14(18)19)17-10-7-12(22-5)11(21-4)6-9(10)16-13(17)8-20-3/h6-7H,8H2,1-5H3,(H,18,19). The molecule has 1 heterocycles. The summed E-state index contributed by atoms with van der Waals surface area (Å²) in [6, 6.07) is 3.45. The van der Waals surface area contributed by atoms with Crippen LogP contribution in [0.1, 0.15) is 19.7 Å². The first-order chi connectivity index (χ1) is 10.4. The van der Waals surface area contributed by atoms with Gasteiger partial charge < -0.3 is 23.9 Å². The van der Waals surface area contributed by atoms with Crippen LogP contribution in [0.4, 0.5) is 0 Å². The lowest BCUT2D eigenvalue weighted by Gasteiger charge is -2.24. The first-order valence-corrected chi connectivity index (χ1v) is 6.73. The van der Waals surface area contributed by atoms with Gasteiger partial charge in [-0.05, 0) is 13.8 Å². The van der Waals surface area contributed by atoms with E-state index in [1.807, 2.05) is 0 Å². The maximum atomic E-state index is 11.7. The average Bonchev–Trinajstić information content (AvgIpc) is 2.83. The topological polar surface area (TPSA) is 82.8 Å². The lowest BCUT2D eigenvalue weighted by Crippen LogP contribution is -2.36. The van der Waals surface area contributed by atoms with Gasteiger partial charge in [0, 0.05) is 19.2 Å². The second-order valence-corrected chi connectivity index (χ2v) is 5.36. The van der Waals surface area contributed by atoms with E-state index in [0.717, 1.165) is 0 Å². The van der Waals surface area contributed by atoms with E-state index in [4.69, 9.17) is 14.2 Å². The molecule has 0 aliphatic heterocycles. The Bertz CT molecular complexity index is 706. The highest BCUT2D eigenvalue weighted by molar-refractivity contribution is 5.85. The van der Waals surface area contributed by atoms with Crippen molar-refractivity contribution in [2.75, 3.05) is 21.3 Å². The fourth-order valence-corrected chi connectivity index (χ4v) is 2.40. The number of aliphatic carboxylic acids is 1. The summed E-state index contributed by atoms with van der Waals surface area (Å²) in [7, 11) is 4.61. The highest BCUT2D eigenvalue weighted by Gasteiger charge is 2.33. The van der Waals surface area contributed by atoms with Crippen molar-refractivity contribution in [2.24, 2.45) is 0 Å². The summed E-state index contributed by atoms with van der Waals surface area (Å²) in [5, 5.41) is 9.55. The third-order valence-corrected chi connectivity index (χ3v) is 3.59. The number of methoxy groups -OCH3 is 3. The lowest BCUT2D eigenvalue weighted by atomic mass is 10.1. The summed E-state index contributed by atoms with van der Waals surface area (Å²) >= 11 is 0. The first-order valence-electron chi connectivity index (χ1n) is 6.73. The molecule has 0 unspecified atom stereocenters. The number of hydrogen-bond donors (Lipinski definition) is 1. The Morgan fingerprint density at radius 3 is 2.32 bits per heavy atom. The van der Waals surface area contributed by atoms with E-state index in [0.29, 0.717) is 28.4 Å². The van der Waals surface area contributed by atoms with Gasteiger partial charge in [0.25, 0.3) is 0 Å². The quantitative estimate of drug-likeness (QED) is 0.879. The van der Waals surface area contributed by atoms with Gasteiger partial charge in [0.15, 0.2) is 11.5 Å². The molecular weight excluding hydrogens is 288 g/mol. The molecular formula is C15H20N2O5. The second kappa shape index (κ2) is 5.84. The van der Waals surface area contributed by atoms with Crippen molar-refractivity contribution >= 4 is 17.0 Å². The Morgan fingerprint density at radius 2 is 1.82 bits per heavy atom. The number of carbonyl (C=O) groups is 1. The predicted octanol–water partition coefficient (Wildman–Crippen LogP) is 2.02. The smallest absolute Gasteiger partial charge is 0.329 e. The Hall–Kier alpha value is -2.28. The van der Waals surface area contributed by atoms with Gasteiger partial charge in [-0.1, -0.05) is 0 Å². The van der Waals surface area contributed by atoms with Crippen LogP contribution in [0.25, 0.3) is 11.0 Å². The largest absolute Gasteiger partial charge is 0.493 e. The van der Waals surface area contributed by atoms with Gasteiger partial charge in [-0.25, -0.2) is 9.78 Å². The van der Waals surface area contributed by atoms with Crippen molar-refractivity contribution in [2.45, 2.75) is 26.0 Å². The average molecular weight is 308 g/mol. The van der Waals surface area contributed by atoms with Gasteiger partial charge in [-0.15, -0.1) is 0 Å². The molecule has 0 saturated heterocycles. The van der Waals surface area contributed by atoms with Crippen LogP contribution in [0, 0.1) is 0 Å². The number of fused-ring (bicyclic) bond motifs is 1. The minimum Gasteiger partial charge on any atom is -0.493 e. The van der Waals surface area contributed by atoms with E-state index >= 15 is 0 Å². The Kier molecular flexibility index (Phi) is 4.27. The van der Waals surface area contributed by atoms with E-state index in [1.165, 1.54) is 14.2 Å². The number of carboxylic acids is 1.